The van der Waals surface area contributed by atoms with E-state index >= 15 is 0 Å². The third-order valence-corrected chi connectivity index (χ3v) is 3.65. The Kier molecular flexibility index (Phi) is 6.60. The minimum Gasteiger partial charge on any atom is -0.467 e. The van der Waals surface area contributed by atoms with Gasteiger partial charge in [0.25, 0.3) is 5.91 Å². The Hall–Kier alpha value is -1.84. The summed E-state index contributed by atoms with van der Waals surface area (Å²) in [6.45, 7) is 8.42. The first kappa shape index (κ1) is 18.2. The molecule has 0 fully saturated rings. The first-order valence-electron chi connectivity index (χ1n) is 7.78. The SMILES string of the molecule is CCCC[C@@H](NC(=O)c1ccc(C(C)(C)C)cc1)C(=O)OC. The predicted molar refractivity (Wildman–Crippen MR) is 87.9 cm³/mol. The summed E-state index contributed by atoms with van der Waals surface area (Å²) in [5, 5.41) is 2.76. The van der Waals surface area contributed by atoms with E-state index in [1.54, 1.807) is 12.1 Å². The van der Waals surface area contributed by atoms with Gasteiger partial charge in [0.2, 0.25) is 0 Å². The van der Waals surface area contributed by atoms with Crippen LogP contribution in [-0.4, -0.2) is 25.0 Å². The number of hydrogen-bond acceptors (Lipinski definition) is 3. The van der Waals surface area contributed by atoms with Crippen molar-refractivity contribution in [3.8, 4) is 0 Å². The van der Waals surface area contributed by atoms with Crippen LogP contribution in [0.3, 0.4) is 0 Å². The van der Waals surface area contributed by atoms with E-state index in [0.717, 1.165) is 12.8 Å². The number of rotatable bonds is 6. The van der Waals surface area contributed by atoms with Crippen LogP contribution in [0.5, 0.6) is 0 Å². The molecule has 0 saturated carbocycles. The van der Waals surface area contributed by atoms with Gasteiger partial charge in [0.05, 0.1) is 7.11 Å². The van der Waals surface area contributed by atoms with Gasteiger partial charge in [0.15, 0.2) is 0 Å². The summed E-state index contributed by atoms with van der Waals surface area (Å²) in [5.74, 6) is -0.639. The average molecular weight is 305 g/mol. The molecule has 1 amide bonds. The second-order valence-corrected chi connectivity index (χ2v) is 6.52. The van der Waals surface area contributed by atoms with E-state index in [9.17, 15) is 9.59 Å². The van der Waals surface area contributed by atoms with Gasteiger partial charge in [-0.1, -0.05) is 52.7 Å². The molecular weight excluding hydrogens is 278 g/mol. The van der Waals surface area contributed by atoms with Crippen molar-refractivity contribution in [2.75, 3.05) is 7.11 Å². The van der Waals surface area contributed by atoms with Gasteiger partial charge in [-0.2, -0.15) is 0 Å². The van der Waals surface area contributed by atoms with Crippen molar-refractivity contribution in [2.45, 2.75) is 58.4 Å². The molecule has 0 aliphatic heterocycles. The van der Waals surface area contributed by atoms with Crippen LogP contribution in [0.1, 0.15) is 62.9 Å². The van der Waals surface area contributed by atoms with E-state index in [2.05, 4.69) is 26.1 Å². The summed E-state index contributed by atoms with van der Waals surface area (Å²) in [6.07, 6.45) is 2.42. The van der Waals surface area contributed by atoms with E-state index in [-0.39, 0.29) is 11.3 Å². The van der Waals surface area contributed by atoms with Crippen molar-refractivity contribution in [3.63, 3.8) is 0 Å². The number of carbonyl (C=O) groups is 2. The van der Waals surface area contributed by atoms with Gasteiger partial charge in [-0.25, -0.2) is 4.79 Å². The van der Waals surface area contributed by atoms with Gasteiger partial charge in [-0.15, -0.1) is 0 Å². The largest absolute Gasteiger partial charge is 0.467 e. The summed E-state index contributed by atoms with van der Waals surface area (Å²) < 4.78 is 4.76. The Morgan fingerprint density at radius 3 is 2.23 bits per heavy atom. The Bertz CT molecular complexity index is 500. The molecule has 0 bridgehead atoms. The number of esters is 1. The maximum Gasteiger partial charge on any atom is 0.328 e. The first-order chi connectivity index (χ1) is 10.3. The molecule has 0 aromatic heterocycles. The molecular formula is C18H27NO3. The van der Waals surface area contributed by atoms with Crippen LogP contribution < -0.4 is 5.32 Å². The quantitative estimate of drug-likeness (QED) is 0.819. The van der Waals surface area contributed by atoms with Crippen LogP contribution in [0.25, 0.3) is 0 Å². The van der Waals surface area contributed by atoms with Gasteiger partial charge >= 0.3 is 5.97 Å². The Morgan fingerprint density at radius 2 is 1.77 bits per heavy atom. The zero-order valence-electron chi connectivity index (χ0n) is 14.2. The molecule has 0 aliphatic rings. The molecule has 122 valence electrons. The van der Waals surface area contributed by atoms with Gasteiger partial charge in [-0.05, 0) is 29.5 Å². The standard InChI is InChI=1S/C18H27NO3/c1-6-7-8-15(17(21)22-5)19-16(20)13-9-11-14(12-10-13)18(2,3)4/h9-12,15H,6-8H2,1-5H3,(H,19,20)/t15-/m1/s1. The molecule has 4 heteroatoms. The van der Waals surface area contributed by atoms with Crippen molar-refractivity contribution in [1.82, 2.24) is 5.32 Å². The lowest BCUT2D eigenvalue weighted by Crippen LogP contribution is -2.41. The molecule has 1 aromatic carbocycles. The number of ether oxygens (including phenoxy) is 1. The molecule has 22 heavy (non-hydrogen) atoms. The highest BCUT2D eigenvalue weighted by Gasteiger charge is 2.22. The van der Waals surface area contributed by atoms with E-state index < -0.39 is 12.0 Å². The molecule has 0 spiro atoms. The summed E-state index contributed by atoms with van der Waals surface area (Å²) in [6, 6.07) is 6.91. The highest BCUT2D eigenvalue weighted by molar-refractivity contribution is 5.96. The van der Waals surface area contributed by atoms with Crippen molar-refractivity contribution in [3.05, 3.63) is 35.4 Å². The normalized spacial score (nSPS) is 12.6. The summed E-state index contributed by atoms with van der Waals surface area (Å²) in [4.78, 5) is 24.0. The number of nitrogens with one attached hydrogen (secondary N) is 1. The Labute approximate surface area is 133 Å². The van der Waals surface area contributed by atoms with Gasteiger partial charge in [-0.3, -0.25) is 4.79 Å². The van der Waals surface area contributed by atoms with Crippen molar-refractivity contribution < 1.29 is 14.3 Å². The lowest BCUT2D eigenvalue weighted by atomic mass is 9.86. The second-order valence-electron chi connectivity index (χ2n) is 6.52. The van der Waals surface area contributed by atoms with Crippen molar-refractivity contribution in [2.24, 2.45) is 0 Å². The highest BCUT2D eigenvalue weighted by atomic mass is 16.5. The molecule has 0 radical (unpaired) electrons. The number of carbonyl (C=O) groups excluding carboxylic acids is 2. The summed E-state index contributed by atoms with van der Waals surface area (Å²) in [5.41, 5.74) is 1.77. The van der Waals surface area contributed by atoms with Crippen LogP contribution in [0.15, 0.2) is 24.3 Å². The van der Waals surface area contributed by atoms with E-state index in [4.69, 9.17) is 4.74 Å². The van der Waals surface area contributed by atoms with Crippen molar-refractivity contribution in [1.29, 1.82) is 0 Å². The van der Waals surface area contributed by atoms with Crippen LogP contribution >= 0.6 is 0 Å². The molecule has 1 N–H and O–H groups in total. The molecule has 4 nitrogen and oxygen atoms in total. The second kappa shape index (κ2) is 7.97. The Balaban J connectivity index is 2.79. The zero-order chi connectivity index (χ0) is 16.8. The predicted octanol–water partition coefficient (Wildman–Crippen LogP) is 3.45. The molecule has 0 saturated heterocycles. The van der Waals surface area contributed by atoms with Crippen LogP contribution in [0, 0.1) is 0 Å². The molecule has 0 unspecified atom stereocenters. The minimum atomic E-state index is -0.584. The monoisotopic (exact) mass is 305 g/mol. The number of benzene rings is 1. The molecule has 0 heterocycles. The highest BCUT2D eigenvalue weighted by Crippen LogP contribution is 2.22. The third kappa shape index (κ3) is 5.17. The number of amides is 1. The number of hydrogen-bond donors (Lipinski definition) is 1. The fourth-order valence-corrected chi connectivity index (χ4v) is 2.16. The minimum absolute atomic E-state index is 0.0463. The van der Waals surface area contributed by atoms with Gasteiger partial charge < -0.3 is 10.1 Å². The van der Waals surface area contributed by atoms with Gasteiger partial charge in [0.1, 0.15) is 6.04 Å². The topological polar surface area (TPSA) is 55.4 Å². The summed E-state index contributed by atoms with van der Waals surface area (Å²) >= 11 is 0. The van der Waals surface area contributed by atoms with Crippen LogP contribution in [0.4, 0.5) is 0 Å². The fraction of sp³-hybridized carbons (Fsp3) is 0.556. The Morgan fingerprint density at radius 1 is 1.18 bits per heavy atom. The fourth-order valence-electron chi connectivity index (χ4n) is 2.16. The third-order valence-electron chi connectivity index (χ3n) is 3.65. The van der Waals surface area contributed by atoms with E-state index in [1.807, 2.05) is 19.1 Å². The number of methoxy groups -OCH3 is 1. The molecule has 1 rings (SSSR count). The average Bonchev–Trinajstić information content (AvgIpc) is 2.49. The van der Waals surface area contributed by atoms with E-state index in [1.165, 1.54) is 12.7 Å². The van der Waals surface area contributed by atoms with Gasteiger partial charge in [0, 0.05) is 5.56 Å². The van der Waals surface area contributed by atoms with Crippen molar-refractivity contribution >= 4 is 11.9 Å². The first-order valence-corrected chi connectivity index (χ1v) is 7.78. The lowest BCUT2D eigenvalue weighted by Gasteiger charge is -2.20. The number of unbranched alkanes of at least 4 members (excludes halogenated alkanes) is 1. The smallest absolute Gasteiger partial charge is 0.328 e. The molecule has 1 atom stereocenters. The van der Waals surface area contributed by atoms with Crippen LogP contribution in [-0.2, 0) is 14.9 Å². The summed E-state index contributed by atoms with van der Waals surface area (Å²) in [7, 11) is 1.34. The maximum absolute atomic E-state index is 12.3. The lowest BCUT2D eigenvalue weighted by molar-refractivity contribution is -0.143. The maximum atomic E-state index is 12.3. The molecule has 0 aliphatic carbocycles. The van der Waals surface area contributed by atoms with E-state index in [0.29, 0.717) is 12.0 Å². The molecule has 1 aromatic rings. The zero-order valence-corrected chi connectivity index (χ0v) is 14.2. The van der Waals surface area contributed by atoms with Crippen LogP contribution in [0.2, 0.25) is 0 Å².